The van der Waals surface area contributed by atoms with E-state index in [4.69, 9.17) is 23.9 Å². The number of carbonyl (C=O) groups is 1. The second-order valence-corrected chi connectivity index (χ2v) is 8.77. The number of pyridine rings is 1. The van der Waals surface area contributed by atoms with Gasteiger partial charge in [0.1, 0.15) is 11.3 Å². The van der Waals surface area contributed by atoms with Gasteiger partial charge in [-0.1, -0.05) is 23.5 Å². The van der Waals surface area contributed by atoms with Crippen LogP contribution in [0.2, 0.25) is 0 Å². The Labute approximate surface area is 213 Å². The molecule has 2 aromatic heterocycles. The van der Waals surface area contributed by atoms with Crippen molar-refractivity contribution in [2.75, 3.05) is 33.3 Å². The van der Waals surface area contributed by atoms with Crippen molar-refractivity contribution in [3.8, 4) is 23.0 Å². The van der Waals surface area contributed by atoms with Gasteiger partial charge >= 0.3 is 0 Å². The summed E-state index contributed by atoms with van der Waals surface area (Å²) in [6, 6.07) is 13.0. The first-order valence-electron chi connectivity index (χ1n) is 11.1. The van der Waals surface area contributed by atoms with Crippen LogP contribution in [-0.2, 0) is 11.3 Å². The smallest absolute Gasteiger partial charge is 0.253 e. The van der Waals surface area contributed by atoms with Gasteiger partial charge in [0.15, 0.2) is 16.6 Å². The molecule has 2 aromatic carbocycles. The van der Waals surface area contributed by atoms with Gasteiger partial charge in [-0.15, -0.1) is 0 Å². The Hall–Kier alpha value is -4.11. The maximum atomic E-state index is 13.5. The minimum absolute atomic E-state index is 0.245. The quantitative estimate of drug-likeness (QED) is 0.286. The van der Waals surface area contributed by atoms with Crippen LogP contribution in [0.1, 0.15) is 16.8 Å². The Kier molecular flexibility index (Phi) is 7.70. The topological polar surface area (TPSA) is 83.0 Å². The van der Waals surface area contributed by atoms with Gasteiger partial charge in [-0.3, -0.25) is 14.7 Å². The molecule has 186 valence electrons. The van der Waals surface area contributed by atoms with Crippen LogP contribution in [0.25, 0.3) is 16.3 Å². The van der Waals surface area contributed by atoms with Crippen molar-refractivity contribution >= 4 is 38.7 Å². The summed E-state index contributed by atoms with van der Waals surface area (Å²) in [5.74, 6) is 1.91. The van der Waals surface area contributed by atoms with Crippen LogP contribution in [0.15, 0.2) is 54.7 Å². The van der Waals surface area contributed by atoms with Crippen LogP contribution in [0.3, 0.4) is 0 Å². The lowest BCUT2D eigenvalue weighted by molar-refractivity contribution is -0.114. The first kappa shape index (κ1) is 25.0. The summed E-state index contributed by atoms with van der Waals surface area (Å²) in [6.07, 6.45) is 4.91. The van der Waals surface area contributed by atoms with Crippen molar-refractivity contribution in [3.05, 3.63) is 71.6 Å². The summed E-state index contributed by atoms with van der Waals surface area (Å²) < 4.78 is 22.7. The number of anilines is 1. The van der Waals surface area contributed by atoms with Crippen LogP contribution >= 0.6 is 11.3 Å². The van der Waals surface area contributed by atoms with E-state index in [-0.39, 0.29) is 12.5 Å². The van der Waals surface area contributed by atoms with Gasteiger partial charge in [-0.05, 0) is 54.5 Å². The Balaban J connectivity index is 1.73. The second-order valence-electron chi connectivity index (χ2n) is 7.80. The fourth-order valence-electron chi connectivity index (χ4n) is 3.73. The van der Waals surface area contributed by atoms with Gasteiger partial charge in [-0.25, -0.2) is 4.98 Å². The van der Waals surface area contributed by atoms with E-state index in [2.05, 4.69) is 4.98 Å². The highest BCUT2D eigenvalue weighted by Crippen LogP contribution is 2.39. The summed E-state index contributed by atoms with van der Waals surface area (Å²) in [7, 11) is 6.26. The minimum atomic E-state index is -0.245. The van der Waals surface area contributed by atoms with Gasteiger partial charge in [0.05, 0.1) is 45.4 Å². The molecule has 8 nitrogen and oxygen atoms in total. The number of fused-ring (bicyclic) bond motifs is 1. The van der Waals surface area contributed by atoms with Crippen LogP contribution in [0.4, 0.5) is 5.13 Å². The van der Waals surface area contributed by atoms with Crippen molar-refractivity contribution in [1.82, 2.24) is 9.97 Å². The van der Waals surface area contributed by atoms with Crippen LogP contribution in [-0.4, -0.2) is 44.3 Å². The Bertz CT molecular complexity index is 1380. The molecule has 0 bridgehead atoms. The summed E-state index contributed by atoms with van der Waals surface area (Å²) in [6.45, 7) is 2.28. The Morgan fingerprint density at radius 3 is 2.31 bits per heavy atom. The standard InChI is InChI=1S/C27H27N3O5S/c1-17-9-11-20(32-2)24-26(17)36-27(29-24)30(16-19-8-6-7-13-28-19)23(31)12-10-18-14-21(33-3)25(35-5)22(15-18)34-4/h6-15H,16H2,1-5H3/b12-10+. The van der Waals surface area contributed by atoms with Crippen molar-refractivity contribution in [3.63, 3.8) is 0 Å². The molecule has 0 aliphatic carbocycles. The molecular weight excluding hydrogens is 478 g/mol. The number of nitrogens with zero attached hydrogens (tertiary/aromatic N) is 3. The van der Waals surface area contributed by atoms with Gasteiger partial charge in [-0.2, -0.15) is 0 Å². The summed E-state index contributed by atoms with van der Waals surface area (Å²) in [5.41, 5.74) is 3.25. The number of hydrogen-bond acceptors (Lipinski definition) is 8. The molecule has 0 atom stereocenters. The predicted molar refractivity (Wildman–Crippen MR) is 141 cm³/mol. The lowest BCUT2D eigenvalue weighted by Gasteiger charge is -2.18. The van der Waals surface area contributed by atoms with E-state index in [1.54, 1.807) is 57.7 Å². The maximum absolute atomic E-state index is 13.5. The molecule has 0 N–H and O–H groups in total. The second kappa shape index (κ2) is 11.1. The lowest BCUT2D eigenvalue weighted by Crippen LogP contribution is -2.29. The van der Waals surface area contributed by atoms with E-state index in [0.29, 0.717) is 28.1 Å². The molecule has 0 unspecified atom stereocenters. The molecule has 2 heterocycles. The molecule has 36 heavy (non-hydrogen) atoms. The number of thiazole rings is 1. The SMILES string of the molecule is COc1cc(/C=C/C(=O)N(Cc2ccccn2)c2nc3c(OC)ccc(C)c3s2)cc(OC)c1OC. The molecule has 9 heteroatoms. The highest BCUT2D eigenvalue weighted by molar-refractivity contribution is 7.22. The van der Waals surface area contributed by atoms with E-state index in [1.165, 1.54) is 17.4 Å². The maximum Gasteiger partial charge on any atom is 0.253 e. The highest BCUT2D eigenvalue weighted by atomic mass is 32.1. The first-order valence-corrected chi connectivity index (χ1v) is 11.9. The summed E-state index contributed by atoms with van der Waals surface area (Å²) in [5, 5.41) is 0.558. The predicted octanol–water partition coefficient (Wildman–Crippen LogP) is 5.28. The van der Waals surface area contributed by atoms with Gasteiger partial charge in [0, 0.05) is 12.3 Å². The van der Waals surface area contributed by atoms with Crippen molar-refractivity contribution in [2.24, 2.45) is 0 Å². The third kappa shape index (κ3) is 5.11. The van der Waals surface area contributed by atoms with Crippen LogP contribution in [0, 0.1) is 6.92 Å². The third-order valence-electron chi connectivity index (χ3n) is 5.56. The van der Waals surface area contributed by atoms with E-state index >= 15 is 0 Å². The number of carbonyl (C=O) groups excluding carboxylic acids is 1. The molecule has 0 fully saturated rings. The zero-order valence-electron chi connectivity index (χ0n) is 20.8. The summed E-state index contributed by atoms with van der Waals surface area (Å²) in [4.78, 5) is 24.3. The normalized spacial score (nSPS) is 11.0. The molecule has 0 radical (unpaired) electrons. The van der Waals surface area contributed by atoms with E-state index < -0.39 is 0 Å². The average molecular weight is 506 g/mol. The fourth-order valence-corrected chi connectivity index (χ4v) is 4.78. The number of aryl methyl sites for hydroxylation is 1. The number of rotatable bonds is 9. The largest absolute Gasteiger partial charge is 0.494 e. The minimum Gasteiger partial charge on any atom is -0.494 e. The molecule has 0 spiro atoms. The number of amides is 1. The Morgan fingerprint density at radius 1 is 0.972 bits per heavy atom. The number of methoxy groups -OCH3 is 4. The average Bonchev–Trinajstić information content (AvgIpc) is 3.36. The third-order valence-corrected chi connectivity index (χ3v) is 6.77. The monoisotopic (exact) mass is 505 g/mol. The number of benzene rings is 2. The molecule has 1 amide bonds. The molecular formula is C27H27N3O5S. The number of ether oxygens (including phenoxy) is 4. The fraction of sp³-hybridized carbons (Fsp3) is 0.222. The van der Waals surface area contributed by atoms with Crippen LogP contribution in [0.5, 0.6) is 23.0 Å². The zero-order valence-corrected chi connectivity index (χ0v) is 21.6. The van der Waals surface area contributed by atoms with E-state index in [0.717, 1.165) is 27.0 Å². The molecule has 0 aliphatic rings. The number of hydrogen-bond donors (Lipinski definition) is 0. The summed E-state index contributed by atoms with van der Waals surface area (Å²) >= 11 is 1.44. The molecule has 0 aliphatic heterocycles. The van der Waals surface area contributed by atoms with E-state index in [1.807, 2.05) is 37.3 Å². The van der Waals surface area contributed by atoms with Crippen molar-refractivity contribution in [2.45, 2.75) is 13.5 Å². The molecule has 4 rings (SSSR count). The number of aromatic nitrogens is 2. The van der Waals surface area contributed by atoms with E-state index in [9.17, 15) is 4.79 Å². The van der Waals surface area contributed by atoms with Gasteiger partial charge < -0.3 is 18.9 Å². The van der Waals surface area contributed by atoms with Crippen LogP contribution < -0.4 is 23.8 Å². The molecule has 4 aromatic rings. The molecule has 0 saturated heterocycles. The Morgan fingerprint density at radius 2 is 1.69 bits per heavy atom. The van der Waals surface area contributed by atoms with Crippen molar-refractivity contribution < 1.29 is 23.7 Å². The van der Waals surface area contributed by atoms with Crippen molar-refractivity contribution in [1.29, 1.82) is 0 Å². The van der Waals surface area contributed by atoms with Gasteiger partial charge in [0.25, 0.3) is 5.91 Å². The van der Waals surface area contributed by atoms with Gasteiger partial charge in [0.2, 0.25) is 5.75 Å². The zero-order chi connectivity index (χ0) is 25.7. The highest BCUT2D eigenvalue weighted by Gasteiger charge is 2.21. The first-order chi connectivity index (χ1) is 17.5. The molecule has 0 saturated carbocycles. The lowest BCUT2D eigenvalue weighted by atomic mass is 10.1.